The Bertz CT molecular complexity index is 1030. The monoisotopic (exact) mass is 405 g/mol. The SMILES string of the molecule is CSc1cccc(Nc2cc(C(=O)N3CC(C)CC(C)C3)c3ccccc3n2)c1. The van der Waals surface area contributed by atoms with Gasteiger partial charge in [0.25, 0.3) is 5.91 Å². The number of para-hydroxylation sites is 1. The zero-order valence-corrected chi connectivity index (χ0v) is 18.0. The first kappa shape index (κ1) is 19.8. The van der Waals surface area contributed by atoms with Crippen LogP contribution >= 0.6 is 11.8 Å². The highest BCUT2D eigenvalue weighted by Crippen LogP contribution is 2.28. The lowest BCUT2D eigenvalue weighted by Gasteiger charge is -2.35. The van der Waals surface area contributed by atoms with Crippen LogP contribution in [0.3, 0.4) is 0 Å². The van der Waals surface area contributed by atoms with Crippen molar-refractivity contribution in [3.63, 3.8) is 0 Å². The van der Waals surface area contributed by atoms with E-state index in [0.29, 0.717) is 17.7 Å². The number of amides is 1. The van der Waals surface area contributed by atoms with Crippen molar-refractivity contribution in [2.75, 3.05) is 24.7 Å². The van der Waals surface area contributed by atoms with Crippen LogP contribution in [0.5, 0.6) is 0 Å². The van der Waals surface area contributed by atoms with E-state index in [1.807, 2.05) is 47.4 Å². The third kappa shape index (κ3) is 4.40. The van der Waals surface area contributed by atoms with Crippen molar-refractivity contribution in [3.8, 4) is 0 Å². The number of pyridine rings is 1. The quantitative estimate of drug-likeness (QED) is 0.556. The van der Waals surface area contributed by atoms with E-state index in [2.05, 4.69) is 37.6 Å². The molecule has 2 unspecified atom stereocenters. The number of hydrogen-bond acceptors (Lipinski definition) is 4. The van der Waals surface area contributed by atoms with Crippen molar-refractivity contribution < 1.29 is 4.79 Å². The van der Waals surface area contributed by atoms with Crippen molar-refractivity contribution in [2.45, 2.75) is 25.2 Å². The van der Waals surface area contributed by atoms with Crippen LogP contribution in [0.1, 0.15) is 30.6 Å². The summed E-state index contributed by atoms with van der Waals surface area (Å²) in [4.78, 5) is 21.4. The molecule has 2 heterocycles. The summed E-state index contributed by atoms with van der Waals surface area (Å²) in [5.41, 5.74) is 2.53. The summed E-state index contributed by atoms with van der Waals surface area (Å²) >= 11 is 1.70. The van der Waals surface area contributed by atoms with Gasteiger partial charge < -0.3 is 10.2 Å². The second-order valence-electron chi connectivity index (χ2n) is 8.09. The van der Waals surface area contributed by atoms with Gasteiger partial charge in [0.15, 0.2) is 0 Å². The van der Waals surface area contributed by atoms with Gasteiger partial charge in [0.1, 0.15) is 5.82 Å². The molecule has 0 radical (unpaired) electrons. The van der Waals surface area contributed by atoms with E-state index in [-0.39, 0.29) is 5.91 Å². The van der Waals surface area contributed by atoms with Crippen molar-refractivity contribution in [1.29, 1.82) is 0 Å². The maximum absolute atomic E-state index is 13.5. The molecule has 1 aliphatic heterocycles. The minimum Gasteiger partial charge on any atom is -0.340 e. The Morgan fingerprint density at radius 3 is 2.59 bits per heavy atom. The van der Waals surface area contributed by atoms with Crippen LogP contribution in [-0.4, -0.2) is 35.1 Å². The molecule has 0 bridgehead atoms. The summed E-state index contributed by atoms with van der Waals surface area (Å²) in [6.45, 7) is 6.09. The topological polar surface area (TPSA) is 45.2 Å². The van der Waals surface area contributed by atoms with Gasteiger partial charge in [0.2, 0.25) is 0 Å². The normalized spacial score (nSPS) is 19.3. The molecule has 1 fully saturated rings. The van der Waals surface area contributed by atoms with E-state index in [1.165, 1.54) is 11.3 Å². The fraction of sp³-hybridized carbons (Fsp3) is 0.333. The number of thioether (sulfide) groups is 1. The number of likely N-dealkylation sites (tertiary alicyclic amines) is 1. The molecule has 1 aromatic heterocycles. The fourth-order valence-corrected chi connectivity index (χ4v) is 4.72. The summed E-state index contributed by atoms with van der Waals surface area (Å²) < 4.78 is 0. The van der Waals surface area contributed by atoms with Crippen molar-refractivity contribution in [3.05, 3.63) is 60.2 Å². The molecule has 4 nitrogen and oxygen atoms in total. The summed E-state index contributed by atoms with van der Waals surface area (Å²) in [6, 6.07) is 18.0. The summed E-state index contributed by atoms with van der Waals surface area (Å²) in [5.74, 6) is 1.86. The number of aromatic nitrogens is 1. The van der Waals surface area contributed by atoms with Crippen LogP contribution in [0.25, 0.3) is 10.9 Å². The van der Waals surface area contributed by atoms with Crippen LogP contribution < -0.4 is 5.32 Å². The number of nitrogens with one attached hydrogen (secondary N) is 1. The van der Waals surface area contributed by atoms with E-state index in [9.17, 15) is 4.79 Å². The molecule has 0 aliphatic carbocycles. The molecule has 3 aromatic rings. The zero-order valence-electron chi connectivity index (χ0n) is 17.2. The third-order valence-corrected chi connectivity index (χ3v) is 6.17. The summed E-state index contributed by atoms with van der Waals surface area (Å²) in [7, 11) is 0. The third-order valence-electron chi connectivity index (χ3n) is 5.44. The largest absolute Gasteiger partial charge is 0.340 e. The Balaban J connectivity index is 1.71. The molecule has 5 heteroatoms. The van der Waals surface area contributed by atoms with E-state index in [4.69, 9.17) is 4.98 Å². The summed E-state index contributed by atoms with van der Waals surface area (Å²) in [5, 5.41) is 4.30. The Morgan fingerprint density at radius 2 is 1.83 bits per heavy atom. The summed E-state index contributed by atoms with van der Waals surface area (Å²) in [6.07, 6.45) is 3.24. The van der Waals surface area contributed by atoms with Gasteiger partial charge in [-0.15, -0.1) is 11.8 Å². The van der Waals surface area contributed by atoms with Gasteiger partial charge >= 0.3 is 0 Å². The van der Waals surface area contributed by atoms with Gasteiger partial charge in [-0.3, -0.25) is 4.79 Å². The van der Waals surface area contributed by atoms with Gasteiger partial charge in [-0.05, 0) is 54.8 Å². The van der Waals surface area contributed by atoms with Gasteiger partial charge in [-0.2, -0.15) is 0 Å². The lowest BCUT2D eigenvalue weighted by atomic mass is 9.91. The lowest BCUT2D eigenvalue weighted by Crippen LogP contribution is -2.42. The van der Waals surface area contributed by atoms with Crippen LogP contribution in [0.2, 0.25) is 0 Å². The van der Waals surface area contributed by atoms with E-state index < -0.39 is 0 Å². The first-order valence-electron chi connectivity index (χ1n) is 10.1. The van der Waals surface area contributed by atoms with E-state index in [1.54, 1.807) is 11.8 Å². The second-order valence-corrected chi connectivity index (χ2v) is 8.96. The van der Waals surface area contributed by atoms with Gasteiger partial charge in [-0.1, -0.05) is 38.1 Å². The predicted octanol–water partition coefficient (Wildman–Crippen LogP) is 5.82. The zero-order chi connectivity index (χ0) is 20.4. The molecule has 29 heavy (non-hydrogen) atoms. The molecule has 150 valence electrons. The minimum atomic E-state index is 0.0999. The molecule has 1 N–H and O–H groups in total. The van der Waals surface area contributed by atoms with Gasteiger partial charge in [0, 0.05) is 29.1 Å². The first-order chi connectivity index (χ1) is 14.0. The number of rotatable bonds is 4. The number of piperidine rings is 1. The Kier molecular flexibility index (Phi) is 5.76. The number of nitrogens with zero attached hydrogens (tertiary/aromatic N) is 2. The molecule has 1 aliphatic rings. The van der Waals surface area contributed by atoms with E-state index >= 15 is 0 Å². The lowest BCUT2D eigenvalue weighted by molar-refractivity contribution is 0.0625. The van der Waals surface area contributed by atoms with Crippen LogP contribution in [0.15, 0.2) is 59.5 Å². The average molecular weight is 406 g/mol. The van der Waals surface area contributed by atoms with Crippen molar-refractivity contribution in [2.24, 2.45) is 11.8 Å². The number of anilines is 2. The predicted molar refractivity (Wildman–Crippen MR) is 122 cm³/mol. The molecule has 1 saturated heterocycles. The molecule has 0 saturated carbocycles. The Hall–Kier alpha value is -2.53. The van der Waals surface area contributed by atoms with E-state index in [0.717, 1.165) is 35.2 Å². The Morgan fingerprint density at radius 1 is 1.07 bits per heavy atom. The second kappa shape index (κ2) is 8.46. The molecule has 2 atom stereocenters. The van der Waals surface area contributed by atoms with Gasteiger partial charge in [-0.25, -0.2) is 4.98 Å². The molecule has 0 spiro atoms. The van der Waals surface area contributed by atoms with Crippen LogP contribution in [-0.2, 0) is 0 Å². The molecule has 2 aromatic carbocycles. The van der Waals surface area contributed by atoms with Crippen molar-refractivity contribution in [1.82, 2.24) is 9.88 Å². The van der Waals surface area contributed by atoms with Crippen LogP contribution in [0.4, 0.5) is 11.5 Å². The highest BCUT2D eigenvalue weighted by molar-refractivity contribution is 7.98. The van der Waals surface area contributed by atoms with Crippen molar-refractivity contribution >= 4 is 40.1 Å². The first-order valence-corrected chi connectivity index (χ1v) is 11.4. The number of carbonyl (C=O) groups excluding carboxylic acids is 1. The Labute approximate surface area is 176 Å². The fourth-order valence-electron chi connectivity index (χ4n) is 4.26. The number of hydrogen-bond donors (Lipinski definition) is 1. The molecule has 1 amide bonds. The average Bonchev–Trinajstić information content (AvgIpc) is 2.72. The minimum absolute atomic E-state index is 0.0999. The van der Waals surface area contributed by atoms with Gasteiger partial charge in [0.05, 0.1) is 11.1 Å². The smallest absolute Gasteiger partial charge is 0.254 e. The molecular formula is C24H27N3OS. The highest BCUT2D eigenvalue weighted by atomic mass is 32.2. The number of benzene rings is 2. The number of carbonyl (C=O) groups is 1. The number of fused-ring (bicyclic) bond motifs is 1. The maximum Gasteiger partial charge on any atom is 0.254 e. The maximum atomic E-state index is 13.5. The molecule has 4 rings (SSSR count). The molecular weight excluding hydrogens is 378 g/mol. The van der Waals surface area contributed by atoms with Crippen LogP contribution in [0, 0.1) is 11.8 Å². The standard InChI is InChI=1S/C24H27N3OS/c1-16-11-17(2)15-27(14-16)24(28)21-13-23(26-22-10-5-4-9-20(21)22)25-18-7-6-8-19(12-18)29-3/h4-10,12-13,16-17H,11,14-15H2,1-3H3,(H,25,26). The highest BCUT2D eigenvalue weighted by Gasteiger charge is 2.27.